The van der Waals surface area contributed by atoms with Crippen LogP contribution in [0.1, 0.15) is 37.0 Å². The van der Waals surface area contributed by atoms with E-state index in [0.717, 1.165) is 41.9 Å². The largest absolute Gasteiger partial charge is 0.481 e. The number of halogens is 3. The molecule has 1 aliphatic heterocycles. The highest BCUT2D eigenvalue weighted by Crippen LogP contribution is 2.40. The van der Waals surface area contributed by atoms with Gasteiger partial charge in [0.15, 0.2) is 0 Å². The number of alkyl halides is 3. The zero-order valence-electron chi connectivity index (χ0n) is 21.1. The fourth-order valence-corrected chi connectivity index (χ4v) is 4.73. The first-order valence-electron chi connectivity index (χ1n) is 12.4. The standard InChI is InChI=1S/C29H32F3N3O2/c1-28(2,29(30,31)32)25-9-7-24(8-10-25)23-5-3-21(4-6-23)19-35-16-15-34(20-26(35)17-27(36)37)18-22-11-13-33-14-12-22/h3-14,26H,15-20H2,1-2H3,(H,36,37)/t26-/m1/s1. The predicted octanol–water partition coefficient (Wildman–Crippen LogP) is 5.75. The van der Waals surface area contributed by atoms with Crippen molar-refractivity contribution in [3.05, 3.63) is 89.7 Å². The first-order chi connectivity index (χ1) is 17.5. The molecule has 4 rings (SSSR count). The zero-order valence-corrected chi connectivity index (χ0v) is 21.1. The second kappa shape index (κ2) is 11.0. The molecule has 0 unspecified atom stereocenters. The Kier molecular flexibility index (Phi) is 7.99. The minimum atomic E-state index is -4.32. The van der Waals surface area contributed by atoms with E-state index >= 15 is 0 Å². The Balaban J connectivity index is 1.41. The SMILES string of the molecule is CC(C)(c1ccc(-c2ccc(CN3CCN(Cc4ccncc4)C[C@H]3CC(=O)O)cc2)cc1)C(F)(F)F. The molecule has 37 heavy (non-hydrogen) atoms. The highest BCUT2D eigenvalue weighted by atomic mass is 19.4. The van der Waals surface area contributed by atoms with Gasteiger partial charge < -0.3 is 5.11 Å². The summed E-state index contributed by atoms with van der Waals surface area (Å²) >= 11 is 0. The number of benzene rings is 2. The summed E-state index contributed by atoms with van der Waals surface area (Å²) in [5.74, 6) is -0.812. The fraction of sp³-hybridized carbons (Fsp3) is 0.379. The van der Waals surface area contributed by atoms with Gasteiger partial charge in [-0.15, -0.1) is 0 Å². The molecule has 1 aliphatic rings. The van der Waals surface area contributed by atoms with Crippen molar-refractivity contribution < 1.29 is 23.1 Å². The lowest BCUT2D eigenvalue weighted by molar-refractivity contribution is -0.180. The molecule has 1 saturated heterocycles. The molecule has 5 nitrogen and oxygen atoms in total. The van der Waals surface area contributed by atoms with Crippen molar-refractivity contribution in [1.82, 2.24) is 14.8 Å². The summed E-state index contributed by atoms with van der Waals surface area (Å²) < 4.78 is 40.1. The molecule has 8 heteroatoms. The zero-order chi connectivity index (χ0) is 26.6. The maximum atomic E-state index is 13.4. The minimum absolute atomic E-state index is 0.0750. The Hall–Kier alpha value is -3.23. The van der Waals surface area contributed by atoms with Gasteiger partial charge in [-0.05, 0) is 53.8 Å². The molecular formula is C29H32F3N3O2. The molecule has 0 amide bonds. The topological polar surface area (TPSA) is 56.7 Å². The van der Waals surface area contributed by atoms with Gasteiger partial charge in [0.05, 0.1) is 11.8 Å². The van der Waals surface area contributed by atoms with Crippen molar-refractivity contribution in [2.75, 3.05) is 19.6 Å². The number of nitrogens with zero attached hydrogens (tertiary/aromatic N) is 3. The van der Waals surface area contributed by atoms with Crippen molar-refractivity contribution in [1.29, 1.82) is 0 Å². The van der Waals surface area contributed by atoms with Gasteiger partial charge >= 0.3 is 12.1 Å². The molecule has 0 aliphatic carbocycles. The molecule has 196 valence electrons. The number of hydrogen-bond donors (Lipinski definition) is 1. The summed E-state index contributed by atoms with van der Waals surface area (Å²) in [6, 6.07) is 18.3. The normalized spacial score (nSPS) is 17.6. The molecule has 0 spiro atoms. The van der Waals surface area contributed by atoms with Gasteiger partial charge in [-0.3, -0.25) is 19.6 Å². The smallest absolute Gasteiger partial charge is 0.397 e. The van der Waals surface area contributed by atoms with Crippen LogP contribution >= 0.6 is 0 Å². The van der Waals surface area contributed by atoms with Crippen molar-refractivity contribution in [3.63, 3.8) is 0 Å². The van der Waals surface area contributed by atoms with Crippen LogP contribution in [0.5, 0.6) is 0 Å². The van der Waals surface area contributed by atoms with E-state index in [2.05, 4.69) is 14.8 Å². The highest BCUT2D eigenvalue weighted by Gasteiger charge is 2.48. The fourth-order valence-electron chi connectivity index (χ4n) is 4.73. The van der Waals surface area contributed by atoms with Crippen molar-refractivity contribution in [2.45, 2.75) is 51.0 Å². The van der Waals surface area contributed by atoms with Crippen LogP contribution in [0.3, 0.4) is 0 Å². The highest BCUT2D eigenvalue weighted by molar-refractivity contribution is 5.67. The lowest BCUT2D eigenvalue weighted by Crippen LogP contribution is -2.52. The second-order valence-corrected chi connectivity index (χ2v) is 10.2. The third-order valence-corrected chi connectivity index (χ3v) is 7.24. The maximum absolute atomic E-state index is 13.4. The van der Waals surface area contributed by atoms with Crippen molar-refractivity contribution in [2.24, 2.45) is 0 Å². The van der Waals surface area contributed by atoms with Crippen LogP contribution in [0, 0.1) is 0 Å². The van der Waals surface area contributed by atoms with Crippen LogP contribution in [0.25, 0.3) is 11.1 Å². The number of aromatic nitrogens is 1. The number of carboxylic acid groups (broad SMARTS) is 1. The van der Waals surface area contributed by atoms with Crippen LogP contribution in [0.2, 0.25) is 0 Å². The number of rotatable bonds is 8. The lowest BCUT2D eigenvalue weighted by atomic mass is 9.83. The molecule has 0 saturated carbocycles. The molecule has 2 heterocycles. The Bertz CT molecular complexity index is 1180. The number of carbonyl (C=O) groups is 1. The van der Waals surface area contributed by atoms with Crippen molar-refractivity contribution >= 4 is 5.97 Å². The van der Waals surface area contributed by atoms with E-state index < -0.39 is 17.6 Å². The summed E-state index contributed by atoms with van der Waals surface area (Å²) in [7, 11) is 0. The van der Waals surface area contributed by atoms with Crippen LogP contribution in [0.15, 0.2) is 73.1 Å². The first kappa shape index (κ1) is 26.8. The van der Waals surface area contributed by atoms with Crippen molar-refractivity contribution in [3.8, 4) is 11.1 Å². The third kappa shape index (κ3) is 6.56. The van der Waals surface area contributed by atoms with Crippen LogP contribution < -0.4 is 0 Å². The summed E-state index contributed by atoms with van der Waals surface area (Å²) in [5.41, 5.74) is 2.31. The molecule has 1 N–H and O–H groups in total. The number of piperazine rings is 1. The third-order valence-electron chi connectivity index (χ3n) is 7.24. The molecule has 1 aromatic heterocycles. The molecule has 2 aromatic carbocycles. The quantitative estimate of drug-likeness (QED) is 0.417. The molecular weight excluding hydrogens is 479 g/mol. The van der Waals surface area contributed by atoms with E-state index in [4.69, 9.17) is 0 Å². The van der Waals surface area contributed by atoms with E-state index in [-0.39, 0.29) is 18.0 Å². The van der Waals surface area contributed by atoms with E-state index in [1.807, 2.05) is 36.4 Å². The summed E-state index contributed by atoms with van der Waals surface area (Å²) in [6.07, 6.45) is -0.714. The predicted molar refractivity (Wildman–Crippen MR) is 137 cm³/mol. The van der Waals surface area contributed by atoms with Crippen LogP contribution in [-0.2, 0) is 23.3 Å². The van der Waals surface area contributed by atoms with Gasteiger partial charge in [0, 0.05) is 51.2 Å². The lowest BCUT2D eigenvalue weighted by Gasteiger charge is -2.41. The number of carboxylic acids is 1. The van der Waals surface area contributed by atoms with Gasteiger partial charge in [0.25, 0.3) is 0 Å². The number of pyridine rings is 1. The average Bonchev–Trinajstić information content (AvgIpc) is 2.86. The molecule has 1 atom stereocenters. The first-order valence-corrected chi connectivity index (χ1v) is 12.4. The van der Waals surface area contributed by atoms with Crippen LogP contribution in [0.4, 0.5) is 13.2 Å². The van der Waals surface area contributed by atoms with Gasteiger partial charge in [-0.1, -0.05) is 48.5 Å². The summed E-state index contributed by atoms with van der Waals surface area (Å²) in [4.78, 5) is 20.1. The summed E-state index contributed by atoms with van der Waals surface area (Å²) in [6.45, 7) is 6.06. The Morgan fingerprint density at radius 2 is 1.46 bits per heavy atom. The van der Waals surface area contributed by atoms with Gasteiger partial charge in [-0.25, -0.2) is 0 Å². The summed E-state index contributed by atoms with van der Waals surface area (Å²) in [5, 5.41) is 9.49. The molecule has 1 fully saturated rings. The van der Waals surface area contributed by atoms with E-state index in [9.17, 15) is 23.1 Å². The van der Waals surface area contributed by atoms with E-state index in [0.29, 0.717) is 13.1 Å². The van der Waals surface area contributed by atoms with Crippen LogP contribution in [-0.4, -0.2) is 57.7 Å². The Morgan fingerprint density at radius 1 is 0.892 bits per heavy atom. The Morgan fingerprint density at radius 3 is 2.03 bits per heavy atom. The number of hydrogen-bond acceptors (Lipinski definition) is 4. The average molecular weight is 512 g/mol. The second-order valence-electron chi connectivity index (χ2n) is 10.2. The molecule has 0 radical (unpaired) electrons. The monoisotopic (exact) mass is 511 g/mol. The Labute approximate surface area is 215 Å². The van der Waals surface area contributed by atoms with Gasteiger partial charge in [0.2, 0.25) is 0 Å². The van der Waals surface area contributed by atoms with Gasteiger partial charge in [-0.2, -0.15) is 13.2 Å². The minimum Gasteiger partial charge on any atom is -0.481 e. The van der Waals surface area contributed by atoms with Gasteiger partial charge in [0.1, 0.15) is 0 Å². The van der Waals surface area contributed by atoms with E-state index in [1.165, 1.54) is 13.8 Å². The maximum Gasteiger partial charge on any atom is 0.397 e. The van der Waals surface area contributed by atoms with E-state index in [1.54, 1.807) is 36.7 Å². The molecule has 0 bridgehead atoms. The molecule has 3 aromatic rings. The number of aliphatic carboxylic acids is 1.